The highest BCUT2D eigenvalue weighted by Crippen LogP contribution is 2.30. The first-order chi connectivity index (χ1) is 20.5. The van der Waals surface area contributed by atoms with Crippen LogP contribution in [0.25, 0.3) is 0 Å². The van der Waals surface area contributed by atoms with Crippen LogP contribution in [0, 0.1) is 6.92 Å². The molecule has 0 radical (unpaired) electrons. The lowest BCUT2D eigenvalue weighted by Crippen LogP contribution is -2.53. The second-order valence-electron chi connectivity index (χ2n) is 10.7. The molecule has 1 aliphatic rings. The van der Waals surface area contributed by atoms with Crippen molar-refractivity contribution in [3.63, 3.8) is 0 Å². The molecule has 4 rings (SSSR count). The molecule has 43 heavy (non-hydrogen) atoms. The molecule has 0 saturated heterocycles. The lowest BCUT2D eigenvalue weighted by atomic mass is 10.1. The summed E-state index contributed by atoms with van der Waals surface area (Å²) in [5, 5.41) is 3.82. The molecule has 0 unspecified atom stereocenters. The maximum atomic E-state index is 14.3. The standard InChI is InChI=1S/C32H37Cl2N3O4S2/c1-4-30(32(39)35-23-8-5-6-9-23)36(20-27-28(33)10-7-11-29(27)34)31(38)21-37(24-14-12-22(2)13-15-24)43(40,41)26-18-16-25(42-3)17-19-26/h7,10-19,23,30H,4-6,8-9,20-21H2,1-3H3,(H,35,39)/t30-/m1/s1. The predicted octanol–water partition coefficient (Wildman–Crippen LogP) is 7.09. The number of hydrogen-bond donors (Lipinski definition) is 1. The zero-order chi connectivity index (χ0) is 31.1. The van der Waals surface area contributed by atoms with Gasteiger partial charge in [0.1, 0.15) is 12.6 Å². The average molecular weight is 663 g/mol. The van der Waals surface area contributed by atoms with Crippen molar-refractivity contribution in [3.8, 4) is 0 Å². The molecule has 11 heteroatoms. The first-order valence-electron chi connectivity index (χ1n) is 14.3. The molecule has 1 aliphatic carbocycles. The Hall–Kier alpha value is -2.72. The van der Waals surface area contributed by atoms with Crippen LogP contribution in [0.2, 0.25) is 10.0 Å². The lowest BCUT2D eigenvalue weighted by molar-refractivity contribution is -0.140. The van der Waals surface area contributed by atoms with Gasteiger partial charge >= 0.3 is 0 Å². The summed E-state index contributed by atoms with van der Waals surface area (Å²) in [5.41, 5.74) is 1.78. The minimum atomic E-state index is -4.16. The number of carbonyl (C=O) groups is 2. The molecule has 1 fully saturated rings. The number of hydrogen-bond acceptors (Lipinski definition) is 5. The Morgan fingerprint density at radius 1 is 0.977 bits per heavy atom. The van der Waals surface area contributed by atoms with Crippen molar-refractivity contribution >= 4 is 62.5 Å². The van der Waals surface area contributed by atoms with E-state index in [2.05, 4.69) is 5.32 Å². The van der Waals surface area contributed by atoms with Crippen molar-refractivity contribution in [3.05, 3.63) is 87.9 Å². The zero-order valence-electron chi connectivity index (χ0n) is 24.6. The molecule has 1 N–H and O–H groups in total. The Labute approximate surface area is 269 Å². The second kappa shape index (κ2) is 14.8. The van der Waals surface area contributed by atoms with Gasteiger partial charge in [0.15, 0.2) is 0 Å². The number of benzene rings is 3. The van der Waals surface area contributed by atoms with Crippen molar-refractivity contribution in [2.24, 2.45) is 0 Å². The van der Waals surface area contributed by atoms with Gasteiger partial charge in [-0.05, 0) is 81.0 Å². The van der Waals surface area contributed by atoms with E-state index in [0.717, 1.165) is 40.4 Å². The third kappa shape index (κ3) is 8.06. The van der Waals surface area contributed by atoms with Crippen molar-refractivity contribution < 1.29 is 18.0 Å². The van der Waals surface area contributed by atoms with E-state index in [-0.39, 0.29) is 23.4 Å². The van der Waals surface area contributed by atoms with Crippen LogP contribution in [0.5, 0.6) is 0 Å². The topological polar surface area (TPSA) is 86.8 Å². The van der Waals surface area contributed by atoms with E-state index >= 15 is 0 Å². The van der Waals surface area contributed by atoms with Gasteiger partial charge in [-0.15, -0.1) is 11.8 Å². The smallest absolute Gasteiger partial charge is 0.264 e. The number of amides is 2. The van der Waals surface area contributed by atoms with Crippen LogP contribution in [0.3, 0.4) is 0 Å². The van der Waals surface area contributed by atoms with Gasteiger partial charge < -0.3 is 10.2 Å². The van der Waals surface area contributed by atoms with E-state index in [0.29, 0.717) is 27.7 Å². The number of aryl methyl sites for hydroxylation is 1. The number of rotatable bonds is 12. The van der Waals surface area contributed by atoms with Crippen LogP contribution in [0.1, 0.15) is 50.2 Å². The Morgan fingerprint density at radius 2 is 1.58 bits per heavy atom. The summed E-state index contributed by atoms with van der Waals surface area (Å²) in [7, 11) is -4.16. The van der Waals surface area contributed by atoms with E-state index in [1.807, 2.05) is 20.1 Å². The summed E-state index contributed by atoms with van der Waals surface area (Å²) in [4.78, 5) is 30.3. The highest BCUT2D eigenvalue weighted by atomic mass is 35.5. The molecule has 3 aromatic rings. The van der Waals surface area contributed by atoms with E-state index in [1.165, 1.54) is 28.8 Å². The number of thioether (sulfide) groups is 1. The van der Waals surface area contributed by atoms with Crippen LogP contribution in [0.15, 0.2) is 76.5 Å². The van der Waals surface area contributed by atoms with E-state index in [4.69, 9.17) is 23.2 Å². The molecule has 230 valence electrons. The fourth-order valence-corrected chi connectivity index (χ4v) is 7.59. The summed E-state index contributed by atoms with van der Waals surface area (Å²) in [6.07, 6.45) is 6.09. The van der Waals surface area contributed by atoms with Crippen LogP contribution in [-0.4, -0.2) is 50.0 Å². The Bertz CT molecular complexity index is 1510. The number of sulfonamides is 1. The predicted molar refractivity (Wildman–Crippen MR) is 175 cm³/mol. The van der Waals surface area contributed by atoms with Gasteiger partial charge in [-0.2, -0.15) is 0 Å². The number of nitrogens with zero attached hydrogens (tertiary/aromatic N) is 2. The molecule has 0 heterocycles. The lowest BCUT2D eigenvalue weighted by Gasteiger charge is -2.34. The van der Waals surface area contributed by atoms with Gasteiger partial charge in [0.05, 0.1) is 10.6 Å². The zero-order valence-corrected chi connectivity index (χ0v) is 27.7. The number of carbonyl (C=O) groups excluding carboxylic acids is 2. The highest BCUT2D eigenvalue weighted by Gasteiger charge is 2.35. The first-order valence-corrected chi connectivity index (χ1v) is 17.7. The Kier molecular flexibility index (Phi) is 11.5. The van der Waals surface area contributed by atoms with Crippen LogP contribution >= 0.6 is 35.0 Å². The highest BCUT2D eigenvalue weighted by molar-refractivity contribution is 7.98. The van der Waals surface area contributed by atoms with Crippen LogP contribution < -0.4 is 9.62 Å². The quantitative estimate of drug-likeness (QED) is 0.210. The van der Waals surface area contributed by atoms with Crippen LogP contribution in [-0.2, 0) is 26.2 Å². The summed E-state index contributed by atoms with van der Waals surface area (Å²) in [5.74, 6) is -0.822. The fraction of sp³-hybridized carbons (Fsp3) is 0.375. The van der Waals surface area contributed by atoms with Gasteiger partial charge in [0.2, 0.25) is 11.8 Å². The minimum absolute atomic E-state index is 0.0519. The van der Waals surface area contributed by atoms with Crippen molar-refractivity contribution in [1.29, 1.82) is 0 Å². The third-order valence-electron chi connectivity index (χ3n) is 7.73. The Balaban J connectivity index is 1.74. The van der Waals surface area contributed by atoms with Crippen molar-refractivity contribution in [2.75, 3.05) is 17.1 Å². The Morgan fingerprint density at radius 3 is 2.14 bits per heavy atom. The van der Waals surface area contributed by atoms with Gasteiger partial charge in [-0.25, -0.2) is 8.42 Å². The number of anilines is 1. The summed E-state index contributed by atoms with van der Waals surface area (Å²) in [6.45, 7) is 3.15. The maximum Gasteiger partial charge on any atom is 0.264 e. The molecule has 3 aromatic carbocycles. The SMILES string of the molecule is CC[C@H](C(=O)NC1CCCC1)N(Cc1c(Cl)cccc1Cl)C(=O)CN(c1ccc(C)cc1)S(=O)(=O)c1ccc(SC)cc1. The van der Waals surface area contributed by atoms with E-state index < -0.39 is 28.5 Å². The molecule has 0 aliphatic heterocycles. The molecular formula is C32H37Cl2N3O4S2. The van der Waals surface area contributed by atoms with Crippen LogP contribution in [0.4, 0.5) is 5.69 Å². The first kappa shape index (κ1) is 33.2. The third-order valence-corrected chi connectivity index (χ3v) is 11.0. The summed E-state index contributed by atoms with van der Waals surface area (Å²) in [6, 6.07) is 17.7. The monoisotopic (exact) mass is 661 g/mol. The van der Waals surface area contributed by atoms with E-state index in [9.17, 15) is 18.0 Å². The molecular weight excluding hydrogens is 625 g/mol. The molecule has 1 atom stereocenters. The normalized spacial score (nSPS) is 14.3. The largest absolute Gasteiger partial charge is 0.352 e. The fourth-order valence-electron chi connectivity index (χ4n) is 5.26. The van der Waals surface area contributed by atoms with Crippen molar-refractivity contribution in [2.45, 2.75) is 74.4 Å². The van der Waals surface area contributed by atoms with Gasteiger partial charge in [-0.3, -0.25) is 13.9 Å². The molecule has 0 aromatic heterocycles. The average Bonchev–Trinajstić information content (AvgIpc) is 3.50. The molecule has 7 nitrogen and oxygen atoms in total. The molecule has 1 saturated carbocycles. The number of nitrogens with one attached hydrogen (secondary N) is 1. The molecule has 0 spiro atoms. The molecule has 0 bridgehead atoms. The molecule has 2 amide bonds. The van der Waals surface area contributed by atoms with Gasteiger partial charge in [0, 0.05) is 33.1 Å². The number of halogens is 2. The van der Waals surface area contributed by atoms with Gasteiger partial charge in [-0.1, -0.05) is 66.7 Å². The maximum absolute atomic E-state index is 14.3. The van der Waals surface area contributed by atoms with E-state index in [1.54, 1.807) is 54.6 Å². The summed E-state index contributed by atoms with van der Waals surface area (Å²) >= 11 is 14.5. The second-order valence-corrected chi connectivity index (χ2v) is 14.2. The van der Waals surface area contributed by atoms with Crippen molar-refractivity contribution in [1.82, 2.24) is 10.2 Å². The van der Waals surface area contributed by atoms with Gasteiger partial charge in [0.25, 0.3) is 10.0 Å². The minimum Gasteiger partial charge on any atom is -0.352 e. The summed E-state index contributed by atoms with van der Waals surface area (Å²) < 4.78 is 29.2.